The van der Waals surface area contributed by atoms with Crippen molar-refractivity contribution >= 4 is 22.2 Å². The summed E-state index contributed by atoms with van der Waals surface area (Å²) >= 11 is 0. The molecular weight excluding hydrogens is 260 g/mol. The van der Waals surface area contributed by atoms with Gasteiger partial charge in [0.25, 0.3) is 0 Å². The molecule has 2 aliphatic rings. The Morgan fingerprint density at radius 2 is 2.18 bits per heavy atom. The van der Waals surface area contributed by atoms with Crippen molar-refractivity contribution in [3.8, 4) is 0 Å². The van der Waals surface area contributed by atoms with Gasteiger partial charge in [-0.15, -0.1) is 12.4 Å². The minimum atomic E-state index is -2.75. The van der Waals surface area contributed by atoms with Crippen LogP contribution < -0.4 is 5.32 Å². The summed E-state index contributed by atoms with van der Waals surface area (Å²) in [5.74, 6) is 0.726. The zero-order valence-corrected chi connectivity index (χ0v) is 12.2. The first-order valence-electron chi connectivity index (χ1n) is 6.02. The summed E-state index contributed by atoms with van der Waals surface area (Å²) < 4.78 is 22.8. The van der Waals surface area contributed by atoms with E-state index in [2.05, 4.69) is 24.2 Å². The van der Waals surface area contributed by atoms with Crippen LogP contribution in [0.2, 0.25) is 0 Å². The third kappa shape index (κ3) is 3.81. The van der Waals surface area contributed by atoms with E-state index in [0.29, 0.717) is 16.9 Å². The molecule has 2 fully saturated rings. The fourth-order valence-corrected chi connectivity index (χ4v) is 4.66. The van der Waals surface area contributed by atoms with Gasteiger partial charge < -0.3 is 10.2 Å². The number of nitrogens with one attached hydrogen (secondary N) is 1. The van der Waals surface area contributed by atoms with Gasteiger partial charge in [0.2, 0.25) is 0 Å². The molecule has 0 radical (unpaired) electrons. The number of nitrogens with zero attached hydrogens (tertiary/aromatic N) is 1. The van der Waals surface area contributed by atoms with Crippen molar-refractivity contribution in [2.75, 3.05) is 38.2 Å². The second-order valence-corrected chi connectivity index (χ2v) is 7.94. The molecule has 0 amide bonds. The maximum absolute atomic E-state index is 11.4. The lowest BCUT2D eigenvalue weighted by Crippen LogP contribution is -2.41. The third-order valence-electron chi connectivity index (χ3n) is 3.92. The molecule has 0 aromatic rings. The molecule has 4 nitrogen and oxygen atoms in total. The lowest BCUT2D eigenvalue weighted by molar-refractivity contribution is 0.171. The quantitative estimate of drug-likeness (QED) is 0.820. The van der Waals surface area contributed by atoms with Gasteiger partial charge in [-0.2, -0.15) is 0 Å². The minimum Gasteiger partial charge on any atom is -0.316 e. The Morgan fingerprint density at radius 1 is 1.47 bits per heavy atom. The van der Waals surface area contributed by atoms with Gasteiger partial charge >= 0.3 is 0 Å². The van der Waals surface area contributed by atoms with Crippen LogP contribution in [0.4, 0.5) is 0 Å². The van der Waals surface area contributed by atoms with Crippen molar-refractivity contribution in [1.29, 1.82) is 0 Å². The molecule has 0 bridgehead atoms. The second kappa shape index (κ2) is 5.43. The monoisotopic (exact) mass is 282 g/mol. The van der Waals surface area contributed by atoms with Crippen molar-refractivity contribution in [3.05, 3.63) is 0 Å². The Hall–Kier alpha value is 0.160. The first-order chi connectivity index (χ1) is 7.40. The van der Waals surface area contributed by atoms with E-state index in [1.165, 1.54) is 6.42 Å². The number of hydrogen-bond acceptors (Lipinski definition) is 4. The first kappa shape index (κ1) is 15.2. The van der Waals surface area contributed by atoms with E-state index < -0.39 is 9.84 Å². The third-order valence-corrected chi connectivity index (χ3v) is 5.67. The normalized spacial score (nSPS) is 36.1. The van der Waals surface area contributed by atoms with Crippen LogP contribution >= 0.6 is 12.4 Å². The molecule has 0 aromatic heterocycles. The van der Waals surface area contributed by atoms with Crippen LogP contribution in [0.1, 0.15) is 19.8 Å². The largest absolute Gasteiger partial charge is 0.316 e. The topological polar surface area (TPSA) is 49.4 Å². The van der Waals surface area contributed by atoms with Gasteiger partial charge in [-0.05, 0) is 31.8 Å². The number of sulfone groups is 1. The molecule has 0 aliphatic carbocycles. The van der Waals surface area contributed by atoms with E-state index in [0.717, 1.165) is 26.1 Å². The molecule has 102 valence electrons. The van der Waals surface area contributed by atoms with E-state index in [4.69, 9.17) is 0 Å². The van der Waals surface area contributed by atoms with Crippen LogP contribution in [-0.2, 0) is 9.84 Å². The highest BCUT2D eigenvalue weighted by atomic mass is 35.5. The van der Waals surface area contributed by atoms with Crippen LogP contribution in [0.5, 0.6) is 0 Å². The molecule has 0 saturated carbocycles. The number of halogens is 1. The highest BCUT2D eigenvalue weighted by molar-refractivity contribution is 7.91. The van der Waals surface area contributed by atoms with E-state index in [-0.39, 0.29) is 18.4 Å². The molecule has 2 heterocycles. The fraction of sp³-hybridized carbons (Fsp3) is 1.00. The van der Waals surface area contributed by atoms with Gasteiger partial charge in [0.1, 0.15) is 0 Å². The molecule has 2 atom stereocenters. The summed E-state index contributed by atoms with van der Waals surface area (Å²) in [5.41, 5.74) is 0.321. The minimum absolute atomic E-state index is 0. The van der Waals surface area contributed by atoms with E-state index >= 15 is 0 Å². The average Bonchev–Trinajstić information content (AvgIpc) is 2.72. The lowest BCUT2D eigenvalue weighted by atomic mass is 9.89. The molecule has 2 rings (SSSR count). The molecular formula is C11H23ClN2O2S. The summed E-state index contributed by atoms with van der Waals surface area (Å²) in [6.45, 7) is 5.43. The molecule has 0 aromatic carbocycles. The van der Waals surface area contributed by atoms with Crippen molar-refractivity contribution < 1.29 is 8.42 Å². The van der Waals surface area contributed by atoms with Gasteiger partial charge in [-0.25, -0.2) is 8.42 Å². The van der Waals surface area contributed by atoms with Gasteiger partial charge in [0.15, 0.2) is 9.84 Å². The van der Waals surface area contributed by atoms with Crippen LogP contribution in [0.25, 0.3) is 0 Å². The van der Waals surface area contributed by atoms with Crippen LogP contribution in [-0.4, -0.2) is 57.5 Å². The maximum Gasteiger partial charge on any atom is 0.151 e. The second-order valence-electron chi connectivity index (χ2n) is 5.71. The molecule has 2 aliphatic heterocycles. The highest BCUT2D eigenvalue weighted by Crippen LogP contribution is 2.27. The number of hydrogen-bond donors (Lipinski definition) is 1. The number of rotatable bonds is 3. The Balaban J connectivity index is 0.00000144. The Kier molecular flexibility index (Phi) is 4.86. The Labute approximate surface area is 110 Å². The molecule has 1 N–H and O–H groups in total. The zero-order valence-electron chi connectivity index (χ0n) is 10.6. The molecule has 6 heteroatoms. The van der Waals surface area contributed by atoms with Crippen molar-refractivity contribution in [2.24, 2.45) is 5.41 Å². The van der Waals surface area contributed by atoms with Crippen LogP contribution in [0.15, 0.2) is 0 Å². The SMILES string of the molecule is CN(CC1(C)CCNC1)C1CCS(=O)(=O)C1.Cl. The maximum atomic E-state index is 11.4. The van der Waals surface area contributed by atoms with Gasteiger partial charge in [0.05, 0.1) is 11.5 Å². The highest BCUT2D eigenvalue weighted by Gasteiger charge is 2.35. The molecule has 2 saturated heterocycles. The Morgan fingerprint density at radius 3 is 2.65 bits per heavy atom. The van der Waals surface area contributed by atoms with E-state index in [9.17, 15) is 8.42 Å². The summed E-state index contributed by atoms with van der Waals surface area (Å²) in [7, 11) is -0.687. The summed E-state index contributed by atoms with van der Waals surface area (Å²) in [6.07, 6.45) is 2.00. The average molecular weight is 283 g/mol. The molecule has 0 spiro atoms. The van der Waals surface area contributed by atoms with E-state index in [1.54, 1.807) is 0 Å². The summed E-state index contributed by atoms with van der Waals surface area (Å²) in [5, 5.41) is 3.38. The fourth-order valence-electron chi connectivity index (χ4n) is 2.86. The van der Waals surface area contributed by atoms with Crippen molar-refractivity contribution in [3.63, 3.8) is 0 Å². The lowest BCUT2D eigenvalue weighted by Gasteiger charge is -2.32. The zero-order chi connectivity index (χ0) is 11.8. The Bertz CT molecular complexity index is 352. The van der Waals surface area contributed by atoms with Gasteiger partial charge in [-0.1, -0.05) is 6.92 Å². The smallest absolute Gasteiger partial charge is 0.151 e. The van der Waals surface area contributed by atoms with Crippen molar-refractivity contribution in [2.45, 2.75) is 25.8 Å². The predicted octanol–water partition coefficient (Wildman–Crippen LogP) is 0.527. The van der Waals surface area contributed by atoms with Crippen LogP contribution in [0.3, 0.4) is 0 Å². The van der Waals surface area contributed by atoms with Gasteiger partial charge in [-0.3, -0.25) is 0 Å². The van der Waals surface area contributed by atoms with E-state index in [1.807, 2.05) is 0 Å². The summed E-state index contributed by atoms with van der Waals surface area (Å²) in [4.78, 5) is 2.25. The van der Waals surface area contributed by atoms with Crippen LogP contribution in [0, 0.1) is 5.41 Å². The standard InChI is InChI=1S/C11H22N2O2S.ClH/c1-11(4-5-12-8-11)9-13(2)10-3-6-16(14,15)7-10;/h10,12H,3-9H2,1-2H3;1H. The molecule has 2 unspecified atom stereocenters. The molecule has 17 heavy (non-hydrogen) atoms. The van der Waals surface area contributed by atoms with Gasteiger partial charge in [0, 0.05) is 19.1 Å². The summed E-state index contributed by atoms with van der Waals surface area (Å²) in [6, 6.07) is 0.238. The first-order valence-corrected chi connectivity index (χ1v) is 7.84. The predicted molar refractivity (Wildman–Crippen MR) is 72.5 cm³/mol. The van der Waals surface area contributed by atoms with Crippen molar-refractivity contribution in [1.82, 2.24) is 10.2 Å².